The minimum absolute atomic E-state index is 0.0308. The SMILES string of the molecule is Cc1nc2ccc(C#N)cc2c(N[C@@H]2CCO[C@H](C)C2)c1[N+](=O)[O-]. The maximum atomic E-state index is 11.6. The molecule has 2 aromatic rings. The van der Waals surface area contributed by atoms with Gasteiger partial charge in [-0.1, -0.05) is 0 Å². The first kappa shape index (κ1) is 16.1. The van der Waals surface area contributed by atoms with Crippen molar-refractivity contribution in [3.8, 4) is 6.07 Å². The summed E-state index contributed by atoms with van der Waals surface area (Å²) in [6.07, 6.45) is 1.67. The molecule has 0 radical (unpaired) electrons. The van der Waals surface area contributed by atoms with E-state index >= 15 is 0 Å². The summed E-state index contributed by atoms with van der Waals surface area (Å²) < 4.78 is 5.54. The van der Waals surface area contributed by atoms with Gasteiger partial charge in [0.05, 0.1) is 28.2 Å². The van der Waals surface area contributed by atoms with Crippen LogP contribution in [0.25, 0.3) is 10.9 Å². The standard InChI is InChI=1S/C17H18N4O3/c1-10-7-13(5-6-24-10)20-16-14-8-12(9-18)3-4-15(14)19-11(2)17(16)21(22)23/h3-4,8,10,13H,5-7H2,1-2H3,(H,19,20)/t10-,13-/m1/s1. The molecule has 124 valence electrons. The van der Waals surface area contributed by atoms with Gasteiger partial charge in [-0.05, 0) is 44.9 Å². The fourth-order valence-corrected chi connectivity index (χ4v) is 3.15. The zero-order valence-corrected chi connectivity index (χ0v) is 13.6. The van der Waals surface area contributed by atoms with Gasteiger partial charge < -0.3 is 10.1 Å². The Balaban J connectivity index is 2.15. The number of fused-ring (bicyclic) bond motifs is 1. The van der Waals surface area contributed by atoms with Crippen molar-refractivity contribution < 1.29 is 9.66 Å². The van der Waals surface area contributed by atoms with Gasteiger partial charge in [0.2, 0.25) is 0 Å². The van der Waals surface area contributed by atoms with Gasteiger partial charge >= 0.3 is 5.69 Å². The molecule has 1 aromatic heterocycles. The average Bonchev–Trinajstić information content (AvgIpc) is 2.54. The van der Waals surface area contributed by atoms with E-state index in [4.69, 9.17) is 10.00 Å². The average molecular weight is 326 g/mol. The van der Waals surface area contributed by atoms with Crippen LogP contribution < -0.4 is 5.32 Å². The van der Waals surface area contributed by atoms with Crippen LogP contribution in [0.1, 0.15) is 31.0 Å². The summed E-state index contributed by atoms with van der Waals surface area (Å²) in [5.41, 5.74) is 1.86. The number of benzene rings is 1. The lowest BCUT2D eigenvalue weighted by Crippen LogP contribution is -2.32. The molecule has 1 aromatic carbocycles. The van der Waals surface area contributed by atoms with Crippen LogP contribution >= 0.6 is 0 Å². The molecule has 24 heavy (non-hydrogen) atoms. The van der Waals surface area contributed by atoms with E-state index in [1.54, 1.807) is 25.1 Å². The lowest BCUT2D eigenvalue weighted by molar-refractivity contribution is -0.384. The van der Waals surface area contributed by atoms with Crippen molar-refractivity contribution in [2.45, 2.75) is 38.8 Å². The van der Waals surface area contributed by atoms with Crippen molar-refractivity contribution in [3.05, 3.63) is 39.6 Å². The van der Waals surface area contributed by atoms with E-state index in [0.717, 1.165) is 12.8 Å². The Hall–Kier alpha value is -2.72. The number of nitriles is 1. The van der Waals surface area contributed by atoms with E-state index in [1.165, 1.54) is 0 Å². The van der Waals surface area contributed by atoms with Gasteiger partial charge in [-0.15, -0.1) is 0 Å². The van der Waals surface area contributed by atoms with Gasteiger partial charge in [0.1, 0.15) is 11.4 Å². The van der Waals surface area contributed by atoms with Gasteiger partial charge in [0.25, 0.3) is 0 Å². The molecule has 7 heteroatoms. The monoisotopic (exact) mass is 326 g/mol. The third kappa shape index (κ3) is 3.01. The number of hydrogen-bond acceptors (Lipinski definition) is 6. The number of nitrogens with zero attached hydrogens (tertiary/aromatic N) is 3. The largest absolute Gasteiger partial charge is 0.378 e. The van der Waals surface area contributed by atoms with E-state index in [9.17, 15) is 10.1 Å². The molecule has 0 bridgehead atoms. The second kappa shape index (κ2) is 6.42. The number of nitro groups is 1. The summed E-state index contributed by atoms with van der Waals surface area (Å²) in [4.78, 5) is 15.5. The van der Waals surface area contributed by atoms with Crippen molar-refractivity contribution in [3.63, 3.8) is 0 Å². The normalized spacial score (nSPS) is 20.5. The molecular formula is C17H18N4O3. The minimum Gasteiger partial charge on any atom is -0.378 e. The second-order valence-electron chi connectivity index (χ2n) is 6.07. The Kier molecular flexibility index (Phi) is 4.32. The molecule has 1 aliphatic rings. The van der Waals surface area contributed by atoms with Gasteiger partial charge in [-0.3, -0.25) is 10.1 Å². The summed E-state index contributed by atoms with van der Waals surface area (Å²) in [5, 5.41) is 24.6. The van der Waals surface area contributed by atoms with E-state index in [2.05, 4.69) is 16.4 Å². The van der Waals surface area contributed by atoms with Gasteiger partial charge in [-0.2, -0.15) is 5.26 Å². The number of anilines is 1. The van der Waals surface area contributed by atoms with E-state index in [-0.39, 0.29) is 17.8 Å². The Morgan fingerprint density at radius 3 is 2.96 bits per heavy atom. The number of aromatic nitrogens is 1. The predicted molar refractivity (Wildman–Crippen MR) is 89.9 cm³/mol. The lowest BCUT2D eigenvalue weighted by atomic mass is 10.0. The molecule has 2 heterocycles. The number of nitrogens with one attached hydrogen (secondary N) is 1. The number of hydrogen-bond donors (Lipinski definition) is 1. The third-order valence-corrected chi connectivity index (χ3v) is 4.28. The number of pyridine rings is 1. The summed E-state index contributed by atoms with van der Waals surface area (Å²) in [6, 6.07) is 7.21. The molecule has 1 aliphatic heterocycles. The first-order chi connectivity index (χ1) is 11.5. The molecule has 0 unspecified atom stereocenters. The highest BCUT2D eigenvalue weighted by molar-refractivity contribution is 5.97. The first-order valence-electron chi connectivity index (χ1n) is 7.86. The molecule has 7 nitrogen and oxygen atoms in total. The molecule has 0 spiro atoms. The molecule has 1 fully saturated rings. The highest BCUT2D eigenvalue weighted by Crippen LogP contribution is 2.36. The maximum absolute atomic E-state index is 11.6. The third-order valence-electron chi connectivity index (χ3n) is 4.28. The molecule has 0 aliphatic carbocycles. The van der Waals surface area contributed by atoms with Crippen molar-refractivity contribution in [1.82, 2.24) is 4.98 Å². The smallest absolute Gasteiger partial charge is 0.313 e. The van der Waals surface area contributed by atoms with Crippen LogP contribution in [0.4, 0.5) is 11.4 Å². The van der Waals surface area contributed by atoms with Crippen molar-refractivity contribution in [2.24, 2.45) is 0 Å². The minimum atomic E-state index is -0.411. The Morgan fingerprint density at radius 2 is 2.29 bits per heavy atom. The summed E-state index contributed by atoms with van der Waals surface area (Å²) in [6.45, 7) is 4.25. The molecule has 2 atom stereocenters. The topological polar surface area (TPSA) is 101 Å². The van der Waals surface area contributed by atoms with Gasteiger partial charge in [0, 0.05) is 18.0 Å². The summed E-state index contributed by atoms with van der Waals surface area (Å²) in [5.74, 6) is 0. The van der Waals surface area contributed by atoms with Crippen molar-refractivity contribution in [1.29, 1.82) is 5.26 Å². The van der Waals surface area contributed by atoms with Gasteiger partial charge in [-0.25, -0.2) is 4.98 Å². The first-order valence-corrected chi connectivity index (χ1v) is 7.86. The van der Waals surface area contributed by atoms with Crippen LogP contribution in [0, 0.1) is 28.4 Å². The zero-order chi connectivity index (χ0) is 17.3. The fraction of sp³-hybridized carbons (Fsp3) is 0.412. The zero-order valence-electron chi connectivity index (χ0n) is 13.6. The lowest BCUT2D eigenvalue weighted by Gasteiger charge is -2.29. The van der Waals surface area contributed by atoms with Crippen LogP contribution in [0.3, 0.4) is 0 Å². The van der Waals surface area contributed by atoms with E-state index < -0.39 is 4.92 Å². The highest BCUT2D eigenvalue weighted by atomic mass is 16.6. The van der Waals surface area contributed by atoms with Crippen LogP contribution in [-0.4, -0.2) is 28.7 Å². The summed E-state index contributed by atoms with van der Waals surface area (Å²) in [7, 11) is 0. The van der Waals surface area contributed by atoms with Crippen molar-refractivity contribution in [2.75, 3.05) is 11.9 Å². The molecule has 0 saturated carbocycles. The van der Waals surface area contributed by atoms with Crippen LogP contribution in [0.15, 0.2) is 18.2 Å². The number of aryl methyl sites for hydroxylation is 1. The quantitative estimate of drug-likeness (QED) is 0.686. The Morgan fingerprint density at radius 1 is 1.50 bits per heavy atom. The molecule has 1 N–H and O–H groups in total. The highest BCUT2D eigenvalue weighted by Gasteiger charge is 2.27. The number of rotatable bonds is 3. The number of ether oxygens (including phenoxy) is 1. The Bertz CT molecular complexity index is 844. The Labute approximate surface area is 139 Å². The van der Waals surface area contributed by atoms with Gasteiger partial charge in [0.15, 0.2) is 0 Å². The van der Waals surface area contributed by atoms with Crippen LogP contribution in [0.5, 0.6) is 0 Å². The van der Waals surface area contributed by atoms with E-state index in [0.29, 0.717) is 34.5 Å². The van der Waals surface area contributed by atoms with Crippen LogP contribution in [0.2, 0.25) is 0 Å². The second-order valence-corrected chi connectivity index (χ2v) is 6.07. The van der Waals surface area contributed by atoms with Crippen LogP contribution in [-0.2, 0) is 4.74 Å². The molecule has 3 rings (SSSR count). The molecule has 1 saturated heterocycles. The maximum Gasteiger partial charge on any atom is 0.313 e. The molecule has 0 amide bonds. The fourth-order valence-electron chi connectivity index (χ4n) is 3.15. The summed E-state index contributed by atoms with van der Waals surface area (Å²) >= 11 is 0. The predicted octanol–water partition coefficient (Wildman–Crippen LogP) is 3.30. The molecular weight excluding hydrogens is 308 g/mol. The van der Waals surface area contributed by atoms with Crippen molar-refractivity contribution >= 4 is 22.3 Å². The van der Waals surface area contributed by atoms with E-state index in [1.807, 2.05) is 6.92 Å².